The molecule has 1 unspecified atom stereocenters. The van der Waals surface area contributed by atoms with Crippen LogP contribution in [0, 0.1) is 11.8 Å². The molecule has 0 amide bonds. The van der Waals surface area contributed by atoms with E-state index in [2.05, 4.69) is 24.3 Å². The van der Waals surface area contributed by atoms with Crippen molar-refractivity contribution in [1.29, 1.82) is 0 Å². The van der Waals surface area contributed by atoms with Gasteiger partial charge in [-0.25, -0.2) is 0 Å². The van der Waals surface area contributed by atoms with Gasteiger partial charge in [0.25, 0.3) is 0 Å². The van der Waals surface area contributed by atoms with E-state index in [9.17, 15) is 0 Å². The van der Waals surface area contributed by atoms with Crippen LogP contribution in [0.1, 0.15) is 25.7 Å². The maximum atomic E-state index is 2.52. The number of fused-ring (bicyclic) bond motifs is 3. The lowest BCUT2D eigenvalue weighted by Gasteiger charge is -2.35. The molecule has 0 saturated heterocycles. The Kier molecular flexibility index (Phi) is 1.20. The highest BCUT2D eigenvalue weighted by Gasteiger charge is 2.39. The fourth-order valence-corrected chi connectivity index (χ4v) is 3.33. The van der Waals surface area contributed by atoms with Crippen molar-refractivity contribution in [3.8, 4) is 0 Å². The van der Waals surface area contributed by atoms with E-state index in [1.165, 1.54) is 25.7 Å². The second-order valence-electron chi connectivity index (χ2n) is 4.93. The first-order valence-electron chi connectivity index (χ1n) is 5.79. The van der Waals surface area contributed by atoms with E-state index in [-0.39, 0.29) is 0 Å². The quantitative estimate of drug-likeness (QED) is 0.582. The van der Waals surface area contributed by atoms with Gasteiger partial charge in [0.15, 0.2) is 0 Å². The summed E-state index contributed by atoms with van der Waals surface area (Å²) in [5.41, 5.74) is 6.42. The van der Waals surface area contributed by atoms with Gasteiger partial charge in [-0.05, 0) is 41.1 Å². The molecule has 0 bridgehead atoms. The summed E-state index contributed by atoms with van der Waals surface area (Å²) in [7, 11) is 0. The summed E-state index contributed by atoms with van der Waals surface area (Å²) in [4.78, 5) is 0. The molecular formula is C14H14. The molecule has 0 heterocycles. The van der Waals surface area contributed by atoms with Crippen molar-refractivity contribution in [1.82, 2.24) is 0 Å². The molecule has 70 valence electrons. The summed E-state index contributed by atoms with van der Waals surface area (Å²) in [5, 5.41) is 0. The Bertz CT molecular complexity index is 423. The summed E-state index contributed by atoms with van der Waals surface area (Å²) < 4.78 is 0. The molecule has 14 heavy (non-hydrogen) atoms. The van der Waals surface area contributed by atoms with Gasteiger partial charge in [0.05, 0.1) is 0 Å². The highest BCUT2D eigenvalue weighted by atomic mass is 14.4. The van der Waals surface area contributed by atoms with Gasteiger partial charge in [-0.15, -0.1) is 0 Å². The highest BCUT2D eigenvalue weighted by molar-refractivity contribution is 5.74. The van der Waals surface area contributed by atoms with Crippen LogP contribution in [0.25, 0.3) is 0 Å². The number of hydrogen-bond donors (Lipinski definition) is 0. The summed E-state index contributed by atoms with van der Waals surface area (Å²) in [5.74, 6) is 1.61. The van der Waals surface area contributed by atoms with E-state index >= 15 is 0 Å². The van der Waals surface area contributed by atoms with Crippen molar-refractivity contribution in [3.63, 3.8) is 0 Å². The predicted octanol–water partition coefficient (Wildman–Crippen LogP) is 3.54. The third-order valence-corrected chi connectivity index (χ3v) is 4.23. The van der Waals surface area contributed by atoms with Gasteiger partial charge in [0.1, 0.15) is 0 Å². The highest BCUT2D eigenvalue weighted by Crippen LogP contribution is 2.53. The normalized spacial score (nSPS) is 33.3. The Morgan fingerprint density at radius 3 is 2.57 bits per heavy atom. The maximum absolute atomic E-state index is 2.52. The molecule has 1 saturated carbocycles. The first-order chi connectivity index (χ1) is 6.93. The second kappa shape index (κ2) is 2.31. The van der Waals surface area contributed by atoms with Crippen molar-refractivity contribution in [2.45, 2.75) is 25.7 Å². The standard InChI is InChI=1S/C14H14/c1-2-4-9(3-1)10-7-13-11-5-6-12(11)14(13)8-10/h5-9,13H,1-4H2. The zero-order valence-corrected chi connectivity index (χ0v) is 8.29. The van der Waals surface area contributed by atoms with Gasteiger partial charge in [-0.3, -0.25) is 0 Å². The van der Waals surface area contributed by atoms with E-state index in [1.807, 2.05) is 0 Å². The molecule has 0 N–H and O–H groups in total. The fraction of sp³-hybridized carbons (Fsp3) is 0.429. The van der Waals surface area contributed by atoms with Crippen LogP contribution < -0.4 is 0 Å². The molecule has 1 fully saturated rings. The van der Waals surface area contributed by atoms with Crippen LogP contribution >= 0.6 is 0 Å². The molecule has 1 atom stereocenters. The molecule has 4 rings (SSSR count). The lowest BCUT2D eigenvalue weighted by Crippen LogP contribution is -2.20. The van der Waals surface area contributed by atoms with Crippen LogP contribution in [0.3, 0.4) is 0 Å². The van der Waals surface area contributed by atoms with E-state index in [0.717, 1.165) is 5.92 Å². The van der Waals surface area contributed by atoms with E-state index in [0.29, 0.717) is 5.92 Å². The van der Waals surface area contributed by atoms with Gasteiger partial charge in [0.2, 0.25) is 0 Å². The van der Waals surface area contributed by atoms with Gasteiger partial charge >= 0.3 is 0 Å². The van der Waals surface area contributed by atoms with E-state index in [4.69, 9.17) is 0 Å². The minimum Gasteiger partial charge on any atom is -0.0691 e. The fourth-order valence-electron chi connectivity index (χ4n) is 3.33. The van der Waals surface area contributed by atoms with Crippen molar-refractivity contribution in [3.05, 3.63) is 46.6 Å². The molecule has 0 aliphatic heterocycles. The summed E-state index contributed by atoms with van der Waals surface area (Å²) in [6.07, 6.45) is 15.3. The van der Waals surface area contributed by atoms with E-state index < -0.39 is 0 Å². The molecule has 4 aliphatic carbocycles. The van der Waals surface area contributed by atoms with E-state index in [1.54, 1.807) is 22.3 Å². The Morgan fingerprint density at radius 2 is 1.93 bits per heavy atom. The third-order valence-electron chi connectivity index (χ3n) is 4.23. The SMILES string of the molecule is C1=CC2=C1C1=CC(C3CCCC3)=CC12. The molecule has 0 aromatic heterocycles. The zero-order valence-electron chi connectivity index (χ0n) is 8.29. The van der Waals surface area contributed by atoms with Crippen molar-refractivity contribution < 1.29 is 0 Å². The first-order valence-corrected chi connectivity index (χ1v) is 5.79. The van der Waals surface area contributed by atoms with Gasteiger partial charge in [0, 0.05) is 5.92 Å². The van der Waals surface area contributed by atoms with Crippen LogP contribution in [-0.4, -0.2) is 0 Å². The van der Waals surface area contributed by atoms with Crippen LogP contribution in [0.15, 0.2) is 46.6 Å². The van der Waals surface area contributed by atoms with Crippen LogP contribution in [0.2, 0.25) is 0 Å². The van der Waals surface area contributed by atoms with Crippen molar-refractivity contribution >= 4 is 0 Å². The Hall–Kier alpha value is -1.04. The molecule has 0 nitrogen and oxygen atoms in total. The molecular weight excluding hydrogens is 168 g/mol. The lowest BCUT2D eigenvalue weighted by molar-refractivity contribution is 0.656. The summed E-state index contributed by atoms with van der Waals surface area (Å²) in [6.45, 7) is 0. The van der Waals surface area contributed by atoms with Crippen LogP contribution in [0.4, 0.5) is 0 Å². The second-order valence-corrected chi connectivity index (χ2v) is 4.93. The largest absolute Gasteiger partial charge is 0.0691 e. The monoisotopic (exact) mass is 182 g/mol. The Balaban J connectivity index is 1.65. The lowest BCUT2D eigenvalue weighted by atomic mass is 9.69. The molecule has 0 radical (unpaired) electrons. The van der Waals surface area contributed by atoms with Crippen molar-refractivity contribution in [2.75, 3.05) is 0 Å². The maximum Gasteiger partial charge on any atom is 0.0287 e. The van der Waals surface area contributed by atoms with Gasteiger partial charge < -0.3 is 0 Å². The topological polar surface area (TPSA) is 0 Å². The average molecular weight is 182 g/mol. The van der Waals surface area contributed by atoms with Gasteiger partial charge in [-0.1, -0.05) is 37.1 Å². The molecule has 0 aromatic carbocycles. The minimum atomic E-state index is 0.714. The number of allylic oxidation sites excluding steroid dienone is 8. The molecule has 0 aromatic rings. The first kappa shape index (κ1) is 7.28. The average Bonchev–Trinajstić information content (AvgIpc) is 2.72. The molecule has 4 aliphatic rings. The Morgan fingerprint density at radius 1 is 1.07 bits per heavy atom. The minimum absolute atomic E-state index is 0.714. The summed E-state index contributed by atoms with van der Waals surface area (Å²) in [6, 6.07) is 0. The smallest absolute Gasteiger partial charge is 0.0287 e. The van der Waals surface area contributed by atoms with Crippen molar-refractivity contribution in [2.24, 2.45) is 11.8 Å². The van der Waals surface area contributed by atoms with Gasteiger partial charge in [-0.2, -0.15) is 0 Å². The predicted molar refractivity (Wildman–Crippen MR) is 57.8 cm³/mol. The molecule has 0 spiro atoms. The van der Waals surface area contributed by atoms with Crippen LogP contribution in [0.5, 0.6) is 0 Å². The number of rotatable bonds is 1. The zero-order chi connectivity index (χ0) is 9.12. The Labute approximate surface area is 84.7 Å². The third kappa shape index (κ3) is 0.716. The number of hydrogen-bond acceptors (Lipinski definition) is 0. The molecule has 0 heteroatoms. The van der Waals surface area contributed by atoms with Crippen LogP contribution in [-0.2, 0) is 0 Å². The summed E-state index contributed by atoms with van der Waals surface area (Å²) >= 11 is 0.